The Labute approximate surface area is 322 Å². The summed E-state index contributed by atoms with van der Waals surface area (Å²) >= 11 is 0. The number of phosphoric acid groups is 1. The van der Waals surface area contributed by atoms with Crippen molar-refractivity contribution in [1.82, 2.24) is 0 Å². The summed E-state index contributed by atoms with van der Waals surface area (Å²) < 4.78 is 39.9. The molecule has 1 N–H and O–H groups in total. The molecular formula is C42H75NO9P+. The van der Waals surface area contributed by atoms with E-state index in [0.29, 0.717) is 36.1 Å². The molecule has 306 valence electrons. The first-order valence-corrected chi connectivity index (χ1v) is 22.0. The highest BCUT2D eigenvalue weighted by molar-refractivity contribution is 7.47. The molecule has 0 aromatic heterocycles. The molecule has 1 aliphatic rings. The van der Waals surface area contributed by atoms with Gasteiger partial charge in [-0.3, -0.25) is 18.6 Å². The van der Waals surface area contributed by atoms with Gasteiger partial charge in [0.15, 0.2) is 6.10 Å². The Balaban J connectivity index is 2.35. The molecule has 10 nitrogen and oxygen atoms in total. The first kappa shape index (κ1) is 48.9. The van der Waals surface area contributed by atoms with E-state index in [-0.39, 0.29) is 26.1 Å². The van der Waals surface area contributed by atoms with Crippen molar-refractivity contribution in [2.75, 3.05) is 47.5 Å². The number of likely N-dealkylation sites (N-methyl/N-ethyl adjacent to an activating group) is 1. The van der Waals surface area contributed by atoms with E-state index in [2.05, 4.69) is 62.5 Å². The SMILES string of the molecule is CCCC/C=C\CCCCCCCC(=O)O[C@H](COC(=O)CCC/C=C\C/C=C\CC1OC1C/C=C\CCCCC)COP(=O)(O)OCC[N+](C)(C)C. The van der Waals surface area contributed by atoms with Gasteiger partial charge in [0.05, 0.1) is 40.0 Å². The predicted octanol–water partition coefficient (Wildman–Crippen LogP) is 10.1. The van der Waals surface area contributed by atoms with E-state index in [1.807, 2.05) is 21.1 Å². The standard InChI is InChI=1S/C42H74NO9P/c1-6-8-10-12-14-15-16-17-20-25-29-33-42(45)51-38(37-50-53(46,47)49-35-34-43(3,4)5)36-48-41(44)32-28-24-21-18-19-23-27-31-40-39(52-40)30-26-22-13-11-9-7-2/h12,14,18,21-23,26-27,38-40H,6-11,13,15-17,19-20,24-25,28-37H2,1-5H3/p+1/b14-12-,21-18-,26-22-,27-23-/t38-,39?,40?/m1/s1. The van der Waals surface area contributed by atoms with Crippen LogP contribution < -0.4 is 0 Å². The Morgan fingerprint density at radius 3 is 1.92 bits per heavy atom. The lowest BCUT2D eigenvalue weighted by atomic mass is 10.1. The highest BCUT2D eigenvalue weighted by Crippen LogP contribution is 2.43. The highest BCUT2D eigenvalue weighted by Gasteiger charge is 2.36. The number of quaternary nitrogens is 1. The third kappa shape index (κ3) is 31.9. The molecular weight excluding hydrogens is 693 g/mol. The molecule has 0 aromatic rings. The van der Waals surface area contributed by atoms with E-state index in [0.717, 1.165) is 70.6 Å². The minimum atomic E-state index is -4.39. The summed E-state index contributed by atoms with van der Waals surface area (Å²) in [5.74, 6) is -0.887. The molecule has 1 rings (SSSR count). The van der Waals surface area contributed by atoms with Crippen LogP contribution in [0.1, 0.15) is 142 Å². The number of phosphoric ester groups is 1. The lowest BCUT2D eigenvalue weighted by molar-refractivity contribution is -0.870. The molecule has 53 heavy (non-hydrogen) atoms. The number of nitrogens with zero attached hydrogens (tertiary/aromatic N) is 1. The fourth-order valence-corrected chi connectivity index (χ4v) is 6.06. The summed E-state index contributed by atoms with van der Waals surface area (Å²) in [6.07, 6.45) is 36.3. The second-order valence-corrected chi connectivity index (χ2v) is 16.5. The molecule has 0 spiro atoms. The van der Waals surface area contributed by atoms with Crippen LogP contribution in [0.5, 0.6) is 0 Å². The van der Waals surface area contributed by atoms with Crippen LogP contribution in [-0.4, -0.2) is 87.1 Å². The van der Waals surface area contributed by atoms with Gasteiger partial charge in [-0.2, -0.15) is 0 Å². The molecule has 0 saturated carbocycles. The average Bonchev–Trinajstić information content (AvgIpc) is 3.86. The maximum Gasteiger partial charge on any atom is 0.472 e. The van der Waals surface area contributed by atoms with Gasteiger partial charge in [0, 0.05) is 12.8 Å². The molecule has 11 heteroatoms. The quantitative estimate of drug-likeness (QED) is 0.0168. The van der Waals surface area contributed by atoms with Crippen LogP contribution in [0, 0.1) is 0 Å². The third-order valence-corrected chi connectivity index (χ3v) is 9.72. The van der Waals surface area contributed by atoms with E-state index in [1.54, 1.807) is 0 Å². The van der Waals surface area contributed by atoms with Crippen LogP contribution in [0.2, 0.25) is 0 Å². The van der Waals surface area contributed by atoms with Crippen molar-refractivity contribution in [3.05, 3.63) is 48.6 Å². The zero-order valence-electron chi connectivity index (χ0n) is 33.9. The van der Waals surface area contributed by atoms with Crippen molar-refractivity contribution in [3.63, 3.8) is 0 Å². The average molecular weight is 769 g/mol. The maximum absolute atomic E-state index is 12.6. The Morgan fingerprint density at radius 1 is 0.679 bits per heavy atom. The number of ether oxygens (including phenoxy) is 3. The van der Waals surface area contributed by atoms with Gasteiger partial charge in [-0.15, -0.1) is 0 Å². The number of allylic oxidation sites excluding steroid dienone is 6. The number of hydrogen-bond acceptors (Lipinski definition) is 8. The number of carbonyl (C=O) groups excluding carboxylic acids is 2. The topological polar surface area (TPSA) is 121 Å². The number of rotatable bonds is 35. The monoisotopic (exact) mass is 769 g/mol. The van der Waals surface area contributed by atoms with Crippen molar-refractivity contribution in [2.24, 2.45) is 0 Å². The Kier molecular flexibility index (Phi) is 28.8. The first-order valence-electron chi connectivity index (χ1n) is 20.5. The zero-order valence-corrected chi connectivity index (χ0v) is 34.8. The van der Waals surface area contributed by atoms with Gasteiger partial charge >= 0.3 is 19.8 Å². The lowest BCUT2D eigenvalue weighted by Gasteiger charge is -2.24. The maximum atomic E-state index is 12.6. The summed E-state index contributed by atoms with van der Waals surface area (Å²) in [5.41, 5.74) is 0. The van der Waals surface area contributed by atoms with E-state index < -0.39 is 32.5 Å². The molecule has 0 aliphatic carbocycles. The molecule has 4 atom stereocenters. The molecule has 1 heterocycles. The fraction of sp³-hybridized carbons (Fsp3) is 0.762. The number of hydrogen-bond donors (Lipinski definition) is 1. The molecule has 0 aromatic carbocycles. The summed E-state index contributed by atoms with van der Waals surface area (Å²) in [6, 6.07) is 0. The number of carbonyl (C=O) groups is 2. The van der Waals surface area contributed by atoms with E-state index in [1.165, 1.54) is 32.1 Å². The Morgan fingerprint density at radius 2 is 1.23 bits per heavy atom. The van der Waals surface area contributed by atoms with E-state index >= 15 is 0 Å². The molecule has 1 aliphatic heterocycles. The van der Waals surface area contributed by atoms with E-state index in [9.17, 15) is 19.0 Å². The summed E-state index contributed by atoms with van der Waals surface area (Å²) in [4.78, 5) is 35.2. The summed E-state index contributed by atoms with van der Waals surface area (Å²) in [6.45, 7) is 4.24. The summed E-state index contributed by atoms with van der Waals surface area (Å²) in [7, 11) is 1.43. The Bertz CT molecular complexity index is 1110. The fourth-order valence-electron chi connectivity index (χ4n) is 5.32. The number of epoxide rings is 1. The first-order chi connectivity index (χ1) is 25.5. The smallest absolute Gasteiger partial charge is 0.462 e. The molecule has 0 amide bonds. The van der Waals surface area contributed by atoms with Gasteiger partial charge < -0.3 is 23.6 Å². The second kappa shape index (κ2) is 31.2. The molecule has 1 fully saturated rings. The van der Waals surface area contributed by atoms with Gasteiger partial charge in [-0.25, -0.2) is 4.57 Å². The van der Waals surface area contributed by atoms with Crippen molar-refractivity contribution in [1.29, 1.82) is 0 Å². The second-order valence-electron chi connectivity index (χ2n) is 15.0. The van der Waals surface area contributed by atoms with Crippen LogP contribution >= 0.6 is 7.82 Å². The van der Waals surface area contributed by atoms with Crippen molar-refractivity contribution in [3.8, 4) is 0 Å². The van der Waals surface area contributed by atoms with Crippen molar-refractivity contribution in [2.45, 2.75) is 161 Å². The van der Waals surface area contributed by atoms with Crippen LogP contribution in [0.4, 0.5) is 0 Å². The zero-order chi connectivity index (χ0) is 39.0. The highest BCUT2D eigenvalue weighted by atomic mass is 31.2. The van der Waals surface area contributed by atoms with Crippen LogP contribution in [0.25, 0.3) is 0 Å². The van der Waals surface area contributed by atoms with Crippen LogP contribution in [0.3, 0.4) is 0 Å². The Hall–Kier alpha value is -2.07. The van der Waals surface area contributed by atoms with Gasteiger partial charge in [-0.05, 0) is 70.6 Å². The lowest BCUT2D eigenvalue weighted by Crippen LogP contribution is -2.37. The summed E-state index contributed by atoms with van der Waals surface area (Å²) in [5, 5.41) is 0. The van der Waals surface area contributed by atoms with Crippen molar-refractivity contribution >= 4 is 19.8 Å². The van der Waals surface area contributed by atoms with Gasteiger partial charge in [-0.1, -0.05) is 107 Å². The normalized spacial score (nSPS) is 18.0. The molecule has 0 radical (unpaired) electrons. The third-order valence-electron chi connectivity index (χ3n) is 8.73. The largest absolute Gasteiger partial charge is 0.472 e. The minimum Gasteiger partial charge on any atom is -0.462 e. The molecule has 0 bridgehead atoms. The van der Waals surface area contributed by atoms with Crippen LogP contribution in [0.15, 0.2) is 48.6 Å². The van der Waals surface area contributed by atoms with E-state index in [4.69, 9.17) is 23.3 Å². The molecule has 3 unspecified atom stereocenters. The van der Waals surface area contributed by atoms with Crippen molar-refractivity contribution < 1.29 is 46.8 Å². The number of esters is 2. The number of unbranched alkanes of at least 4 members (excludes halogenated alkanes) is 11. The van der Waals surface area contributed by atoms with Gasteiger partial charge in [0.2, 0.25) is 0 Å². The predicted molar refractivity (Wildman–Crippen MR) is 214 cm³/mol. The van der Waals surface area contributed by atoms with Crippen LogP contribution in [-0.2, 0) is 37.4 Å². The van der Waals surface area contributed by atoms with Gasteiger partial charge in [0.25, 0.3) is 0 Å². The molecule has 1 saturated heterocycles. The van der Waals surface area contributed by atoms with Gasteiger partial charge in [0.1, 0.15) is 19.8 Å². The minimum absolute atomic E-state index is 0.0177.